The summed E-state index contributed by atoms with van der Waals surface area (Å²) in [6.07, 6.45) is -1.30. The van der Waals surface area contributed by atoms with Gasteiger partial charge in [-0.3, -0.25) is 4.79 Å². The van der Waals surface area contributed by atoms with Crippen LogP contribution in [0.25, 0.3) is 16.6 Å². The molecular formula is C24H21F3N4O3. The molecule has 0 bridgehead atoms. The van der Waals surface area contributed by atoms with Gasteiger partial charge in [-0.05, 0) is 36.8 Å². The summed E-state index contributed by atoms with van der Waals surface area (Å²) in [6.45, 7) is 1.56. The number of aromatic amines is 1. The van der Waals surface area contributed by atoms with Gasteiger partial charge in [0.05, 0.1) is 35.8 Å². The average Bonchev–Trinajstić information content (AvgIpc) is 3.41. The van der Waals surface area contributed by atoms with Crippen molar-refractivity contribution in [3.05, 3.63) is 83.3 Å². The Morgan fingerprint density at radius 3 is 2.68 bits per heavy atom. The number of ether oxygens (including phenoxy) is 1. The molecule has 4 rings (SSSR count). The van der Waals surface area contributed by atoms with Crippen LogP contribution in [0.15, 0.2) is 60.9 Å². The van der Waals surface area contributed by atoms with Gasteiger partial charge in [0.15, 0.2) is 0 Å². The fourth-order valence-corrected chi connectivity index (χ4v) is 3.80. The van der Waals surface area contributed by atoms with Crippen LogP contribution < -0.4 is 5.32 Å². The van der Waals surface area contributed by atoms with Crippen molar-refractivity contribution in [2.45, 2.75) is 25.6 Å². The highest BCUT2D eigenvalue weighted by Crippen LogP contribution is 2.30. The molecule has 7 nitrogen and oxygen atoms in total. The molecule has 10 heteroatoms. The van der Waals surface area contributed by atoms with Crippen molar-refractivity contribution in [1.82, 2.24) is 20.1 Å². The van der Waals surface area contributed by atoms with E-state index in [2.05, 4.69) is 15.4 Å². The summed E-state index contributed by atoms with van der Waals surface area (Å²) in [5.41, 5.74) is 1.51. The van der Waals surface area contributed by atoms with Crippen LogP contribution in [-0.2, 0) is 22.1 Å². The molecular weight excluding hydrogens is 449 g/mol. The summed E-state index contributed by atoms with van der Waals surface area (Å²) in [7, 11) is 1.23. The third kappa shape index (κ3) is 4.52. The molecule has 2 heterocycles. The first-order chi connectivity index (χ1) is 16.2. The van der Waals surface area contributed by atoms with Crippen LogP contribution in [-0.4, -0.2) is 39.8 Å². The number of methoxy groups -OCH3 is 1. The van der Waals surface area contributed by atoms with Gasteiger partial charge >= 0.3 is 12.1 Å². The minimum absolute atomic E-state index is 0.130. The summed E-state index contributed by atoms with van der Waals surface area (Å²) in [6, 6.07) is 11.2. The van der Waals surface area contributed by atoms with Crippen molar-refractivity contribution < 1.29 is 27.5 Å². The van der Waals surface area contributed by atoms with Crippen LogP contribution in [0.4, 0.5) is 13.2 Å². The number of carbonyl (C=O) groups excluding carboxylic acids is 2. The van der Waals surface area contributed by atoms with Crippen molar-refractivity contribution in [3.63, 3.8) is 0 Å². The largest absolute Gasteiger partial charge is 0.467 e. The fraction of sp³-hybridized carbons (Fsp3) is 0.208. The molecule has 2 aromatic heterocycles. The van der Waals surface area contributed by atoms with Crippen LogP contribution in [0.3, 0.4) is 0 Å². The Labute approximate surface area is 192 Å². The molecule has 0 aliphatic rings. The van der Waals surface area contributed by atoms with E-state index in [1.807, 2.05) is 24.3 Å². The predicted octanol–water partition coefficient (Wildman–Crippen LogP) is 4.19. The average molecular weight is 470 g/mol. The monoisotopic (exact) mass is 470 g/mol. The zero-order chi connectivity index (χ0) is 24.5. The normalized spacial score (nSPS) is 12.5. The van der Waals surface area contributed by atoms with Gasteiger partial charge in [-0.2, -0.15) is 18.3 Å². The minimum Gasteiger partial charge on any atom is -0.467 e. The van der Waals surface area contributed by atoms with Gasteiger partial charge < -0.3 is 15.0 Å². The molecule has 1 amide bonds. The predicted molar refractivity (Wildman–Crippen MR) is 119 cm³/mol. The number of nitrogens with zero attached hydrogens (tertiary/aromatic N) is 2. The third-order valence-corrected chi connectivity index (χ3v) is 5.56. The van der Waals surface area contributed by atoms with Gasteiger partial charge in [0, 0.05) is 23.5 Å². The number of alkyl halides is 3. The van der Waals surface area contributed by atoms with E-state index in [1.54, 1.807) is 13.1 Å². The lowest BCUT2D eigenvalue weighted by atomic mass is 10.0. The van der Waals surface area contributed by atoms with Gasteiger partial charge in [-0.25, -0.2) is 9.48 Å². The number of rotatable bonds is 6. The van der Waals surface area contributed by atoms with Crippen molar-refractivity contribution in [2.75, 3.05) is 7.11 Å². The lowest BCUT2D eigenvalue weighted by molar-refractivity contribution is -0.142. The van der Waals surface area contributed by atoms with E-state index in [-0.39, 0.29) is 17.7 Å². The Morgan fingerprint density at radius 2 is 1.94 bits per heavy atom. The second-order valence-corrected chi connectivity index (χ2v) is 7.72. The maximum absolute atomic E-state index is 13.1. The summed E-state index contributed by atoms with van der Waals surface area (Å²) in [5, 5.41) is 7.67. The van der Waals surface area contributed by atoms with E-state index in [0.29, 0.717) is 5.69 Å². The van der Waals surface area contributed by atoms with Crippen LogP contribution >= 0.6 is 0 Å². The number of nitrogens with one attached hydrogen (secondary N) is 2. The molecule has 0 saturated carbocycles. The smallest absolute Gasteiger partial charge is 0.416 e. The fourth-order valence-electron chi connectivity index (χ4n) is 3.80. The quantitative estimate of drug-likeness (QED) is 0.414. The highest BCUT2D eigenvalue weighted by Gasteiger charge is 2.31. The molecule has 0 spiro atoms. The number of aromatic nitrogens is 3. The maximum atomic E-state index is 13.1. The third-order valence-electron chi connectivity index (χ3n) is 5.56. The Kier molecular flexibility index (Phi) is 6.14. The lowest BCUT2D eigenvalue weighted by Crippen LogP contribution is -2.43. The second-order valence-electron chi connectivity index (χ2n) is 7.72. The highest BCUT2D eigenvalue weighted by atomic mass is 19.4. The SMILES string of the molecule is COC(=O)[C@@H](Cc1c[nH]c2ccccc12)NC(=O)c1cnn(-c2cccc(C(F)(F)F)c2)c1C. The van der Waals surface area contributed by atoms with Crippen LogP contribution in [0, 0.1) is 6.92 Å². The minimum atomic E-state index is -4.51. The molecule has 4 aromatic rings. The molecule has 0 aliphatic heterocycles. The summed E-state index contributed by atoms with van der Waals surface area (Å²) in [5.74, 6) is -1.22. The number of hydrogen-bond acceptors (Lipinski definition) is 4. The van der Waals surface area contributed by atoms with Crippen molar-refractivity contribution in [1.29, 1.82) is 0 Å². The molecule has 2 aromatic carbocycles. The van der Waals surface area contributed by atoms with Crippen molar-refractivity contribution >= 4 is 22.8 Å². The van der Waals surface area contributed by atoms with Gasteiger partial charge in [0.25, 0.3) is 5.91 Å². The summed E-state index contributed by atoms with van der Waals surface area (Å²) in [4.78, 5) is 28.5. The van der Waals surface area contributed by atoms with Gasteiger partial charge in [-0.15, -0.1) is 0 Å². The number of carbonyl (C=O) groups is 2. The molecule has 2 N–H and O–H groups in total. The zero-order valence-electron chi connectivity index (χ0n) is 18.3. The number of benzene rings is 2. The maximum Gasteiger partial charge on any atom is 0.416 e. The Balaban J connectivity index is 1.58. The highest BCUT2D eigenvalue weighted by molar-refractivity contribution is 5.98. The van der Waals surface area contributed by atoms with E-state index >= 15 is 0 Å². The topological polar surface area (TPSA) is 89.0 Å². The first-order valence-corrected chi connectivity index (χ1v) is 10.3. The zero-order valence-corrected chi connectivity index (χ0v) is 18.3. The molecule has 176 valence electrons. The first kappa shape index (κ1) is 23.1. The molecule has 34 heavy (non-hydrogen) atoms. The van der Waals surface area contributed by atoms with Crippen LogP contribution in [0.1, 0.15) is 27.2 Å². The van der Waals surface area contributed by atoms with Crippen LogP contribution in [0.2, 0.25) is 0 Å². The van der Waals surface area contributed by atoms with E-state index in [4.69, 9.17) is 4.74 Å². The molecule has 0 saturated heterocycles. The number of hydrogen-bond donors (Lipinski definition) is 2. The lowest BCUT2D eigenvalue weighted by Gasteiger charge is -2.16. The number of fused-ring (bicyclic) bond motifs is 1. The molecule has 0 unspecified atom stereocenters. The standard InChI is InChI=1S/C24H21F3N4O3/c1-14-19(13-29-31(14)17-7-5-6-16(11-17)24(25,26)27)22(32)30-21(23(33)34-2)10-15-12-28-20-9-4-3-8-18(15)20/h3-9,11-13,21,28H,10H2,1-2H3,(H,30,32)/t21-/m1/s1. The number of para-hydroxylation sites is 1. The number of halogens is 3. The van der Waals surface area contributed by atoms with E-state index in [0.717, 1.165) is 28.6 Å². The van der Waals surface area contributed by atoms with E-state index in [1.165, 1.54) is 30.1 Å². The number of H-pyrrole nitrogens is 1. The van der Waals surface area contributed by atoms with Gasteiger partial charge in [0.2, 0.25) is 0 Å². The van der Waals surface area contributed by atoms with Gasteiger partial charge in [0.1, 0.15) is 6.04 Å². The first-order valence-electron chi connectivity index (χ1n) is 10.3. The Morgan fingerprint density at radius 1 is 1.18 bits per heavy atom. The molecule has 0 aliphatic carbocycles. The molecule has 1 atom stereocenters. The summed E-state index contributed by atoms with van der Waals surface area (Å²) >= 11 is 0. The number of amides is 1. The molecule has 0 fully saturated rings. The Bertz CT molecular complexity index is 1360. The van der Waals surface area contributed by atoms with Crippen molar-refractivity contribution in [2.24, 2.45) is 0 Å². The van der Waals surface area contributed by atoms with Gasteiger partial charge in [-0.1, -0.05) is 24.3 Å². The van der Waals surface area contributed by atoms with Crippen molar-refractivity contribution in [3.8, 4) is 5.69 Å². The van der Waals surface area contributed by atoms with E-state index in [9.17, 15) is 22.8 Å². The van der Waals surface area contributed by atoms with Crippen LogP contribution in [0.5, 0.6) is 0 Å². The summed E-state index contributed by atoms with van der Waals surface area (Å²) < 4.78 is 45.4. The van der Waals surface area contributed by atoms with E-state index < -0.39 is 29.7 Å². The number of esters is 1. The second kappa shape index (κ2) is 9.05. The molecule has 0 radical (unpaired) electrons. The Hall–Kier alpha value is -4.08.